The molecule has 9 atom stereocenters. The van der Waals surface area contributed by atoms with E-state index in [0.717, 1.165) is 35.5 Å². The molecule has 1 nitrogen and oxygen atoms in total. The molecule has 0 radical (unpaired) electrons. The third-order valence-corrected chi connectivity index (χ3v) is 9.07. The van der Waals surface area contributed by atoms with Crippen molar-refractivity contribution < 1.29 is 0 Å². The Kier molecular flexibility index (Phi) is 0.724. The van der Waals surface area contributed by atoms with E-state index in [1.54, 1.807) is 0 Å². The van der Waals surface area contributed by atoms with Crippen molar-refractivity contribution in [3.8, 4) is 6.07 Å². The van der Waals surface area contributed by atoms with Crippen LogP contribution in [-0.4, -0.2) is 8.65 Å². The standard InChI is InChI=1S/C10H7Br2N/c11-9-2(1-13)3-4-6(9)8-7(9)5(3)10(4,8)12/h2-8H/t2-,3?,4-,5+,6-,7-,8?,9?,10?/m1/s1. The molecule has 6 aliphatic rings. The number of nitriles is 1. The Balaban J connectivity index is 1.81. The summed E-state index contributed by atoms with van der Waals surface area (Å²) in [4.78, 5) is 0. The molecule has 6 fully saturated rings. The highest BCUT2D eigenvalue weighted by molar-refractivity contribution is 9.10. The highest BCUT2D eigenvalue weighted by atomic mass is 79.9. The van der Waals surface area contributed by atoms with Crippen LogP contribution in [-0.2, 0) is 0 Å². The molecule has 3 heteroatoms. The fourth-order valence-corrected chi connectivity index (χ4v) is 9.18. The first-order chi connectivity index (χ1) is 6.18. The van der Waals surface area contributed by atoms with Crippen LogP contribution in [0.2, 0.25) is 0 Å². The Morgan fingerprint density at radius 3 is 1.92 bits per heavy atom. The zero-order valence-electron chi connectivity index (χ0n) is 6.74. The lowest BCUT2D eigenvalue weighted by molar-refractivity contribution is -0.337. The Morgan fingerprint density at radius 2 is 1.46 bits per heavy atom. The summed E-state index contributed by atoms with van der Waals surface area (Å²) in [5.74, 6) is 5.46. The predicted molar refractivity (Wildman–Crippen MR) is 53.4 cm³/mol. The molecule has 2 bridgehead atoms. The van der Waals surface area contributed by atoms with Crippen LogP contribution in [0.3, 0.4) is 0 Å². The van der Waals surface area contributed by atoms with E-state index in [2.05, 4.69) is 37.9 Å². The molecule has 4 unspecified atom stereocenters. The zero-order valence-corrected chi connectivity index (χ0v) is 9.92. The van der Waals surface area contributed by atoms with Gasteiger partial charge < -0.3 is 0 Å². The third kappa shape index (κ3) is 0.308. The van der Waals surface area contributed by atoms with Crippen molar-refractivity contribution >= 4 is 31.9 Å². The molecule has 0 saturated heterocycles. The van der Waals surface area contributed by atoms with E-state index in [0.29, 0.717) is 10.2 Å². The average Bonchev–Trinajstić information content (AvgIpc) is 2.28. The van der Waals surface area contributed by atoms with E-state index < -0.39 is 0 Å². The topological polar surface area (TPSA) is 23.8 Å². The van der Waals surface area contributed by atoms with Gasteiger partial charge in [0.05, 0.1) is 12.0 Å². The average molecular weight is 301 g/mol. The molecule has 6 rings (SSSR count). The lowest BCUT2D eigenvalue weighted by Gasteiger charge is -2.90. The fraction of sp³-hybridized carbons (Fsp3) is 0.900. The Labute approximate surface area is 93.1 Å². The van der Waals surface area contributed by atoms with Gasteiger partial charge in [-0.2, -0.15) is 5.26 Å². The molecule has 6 aliphatic carbocycles. The Morgan fingerprint density at radius 1 is 0.923 bits per heavy atom. The summed E-state index contributed by atoms with van der Waals surface area (Å²) in [6.45, 7) is 0. The molecular weight excluding hydrogens is 294 g/mol. The van der Waals surface area contributed by atoms with Crippen molar-refractivity contribution in [1.29, 1.82) is 5.26 Å². The van der Waals surface area contributed by atoms with Crippen molar-refractivity contribution in [3.05, 3.63) is 0 Å². The van der Waals surface area contributed by atoms with Gasteiger partial charge in [0.2, 0.25) is 0 Å². The number of hydrogen-bond donors (Lipinski definition) is 0. The summed E-state index contributed by atoms with van der Waals surface area (Å²) >= 11 is 7.82. The molecule has 0 aromatic rings. The van der Waals surface area contributed by atoms with Gasteiger partial charge in [-0.25, -0.2) is 0 Å². The van der Waals surface area contributed by atoms with Crippen LogP contribution in [0.4, 0.5) is 0 Å². The zero-order chi connectivity index (χ0) is 8.75. The Bertz CT molecular complexity index is 392. The number of hydrogen-bond acceptors (Lipinski definition) is 1. The van der Waals surface area contributed by atoms with E-state index in [9.17, 15) is 5.26 Å². The second kappa shape index (κ2) is 1.38. The first-order valence-electron chi connectivity index (χ1n) is 4.96. The molecule has 0 spiro atoms. The monoisotopic (exact) mass is 299 g/mol. The van der Waals surface area contributed by atoms with E-state index in [1.165, 1.54) is 0 Å². The minimum atomic E-state index is 0.280. The van der Waals surface area contributed by atoms with E-state index in [4.69, 9.17) is 0 Å². The maximum absolute atomic E-state index is 9.19. The van der Waals surface area contributed by atoms with Gasteiger partial charge in [-0.1, -0.05) is 31.9 Å². The molecule has 0 aliphatic heterocycles. The minimum absolute atomic E-state index is 0.280. The molecule has 0 aromatic heterocycles. The van der Waals surface area contributed by atoms with Crippen LogP contribution in [0, 0.1) is 52.8 Å². The van der Waals surface area contributed by atoms with Crippen LogP contribution in [0.1, 0.15) is 0 Å². The minimum Gasteiger partial charge on any atom is -0.198 e. The SMILES string of the molecule is N#C[C@@H]1C2[C@@H]3[C@@H]4C5[C@@H]([C@H]2C53Br)C14Br. The quantitative estimate of drug-likeness (QED) is 0.629. The number of rotatable bonds is 0. The molecule has 6 saturated carbocycles. The summed E-state index contributed by atoms with van der Waals surface area (Å²) in [6.07, 6.45) is 0. The summed E-state index contributed by atoms with van der Waals surface area (Å²) in [5, 5.41) is 9.19. The molecule has 0 heterocycles. The largest absolute Gasteiger partial charge is 0.198 e. The highest BCUT2D eigenvalue weighted by Crippen LogP contribution is 3.02. The van der Waals surface area contributed by atoms with Crippen molar-refractivity contribution in [2.75, 3.05) is 0 Å². The lowest BCUT2D eigenvalue weighted by Crippen LogP contribution is -2.93. The van der Waals surface area contributed by atoms with Gasteiger partial charge in [-0.3, -0.25) is 0 Å². The molecule has 0 N–H and O–H groups in total. The van der Waals surface area contributed by atoms with Gasteiger partial charge in [-0.15, -0.1) is 0 Å². The second-order valence-corrected chi connectivity index (χ2v) is 8.21. The molecular formula is C10H7Br2N. The summed E-state index contributed by atoms with van der Waals surface area (Å²) in [5.41, 5.74) is 0. The normalized spacial score (nSPS) is 88.5. The van der Waals surface area contributed by atoms with Crippen LogP contribution in [0.15, 0.2) is 0 Å². The predicted octanol–water partition coefficient (Wildman–Crippen LogP) is 2.16. The van der Waals surface area contributed by atoms with Gasteiger partial charge in [0.15, 0.2) is 0 Å². The second-order valence-electron chi connectivity index (χ2n) is 5.47. The summed E-state index contributed by atoms with van der Waals surface area (Å²) in [6, 6.07) is 2.55. The van der Waals surface area contributed by atoms with Crippen molar-refractivity contribution in [3.63, 3.8) is 0 Å². The first kappa shape index (κ1) is 6.85. The fourth-order valence-electron chi connectivity index (χ4n) is 5.89. The molecule has 0 aromatic carbocycles. The summed E-state index contributed by atoms with van der Waals surface area (Å²) < 4.78 is 0.817. The van der Waals surface area contributed by atoms with Crippen molar-refractivity contribution in [2.24, 2.45) is 41.4 Å². The van der Waals surface area contributed by atoms with Gasteiger partial charge in [0.1, 0.15) is 0 Å². The maximum atomic E-state index is 9.19. The molecule has 66 valence electrons. The maximum Gasteiger partial charge on any atom is 0.0673 e. The third-order valence-electron chi connectivity index (χ3n) is 5.93. The van der Waals surface area contributed by atoms with Gasteiger partial charge in [0.25, 0.3) is 0 Å². The van der Waals surface area contributed by atoms with Crippen molar-refractivity contribution in [1.82, 2.24) is 0 Å². The lowest BCUT2D eigenvalue weighted by atomic mass is 9.20. The van der Waals surface area contributed by atoms with Crippen LogP contribution >= 0.6 is 31.9 Å². The van der Waals surface area contributed by atoms with Crippen LogP contribution in [0.5, 0.6) is 0 Å². The molecule has 13 heavy (non-hydrogen) atoms. The van der Waals surface area contributed by atoms with Crippen LogP contribution in [0.25, 0.3) is 0 Å². The number of nitrogens with zero attached hydrogens (tertiary/aromatic N) is 1. The number of alkyl halides is 2. The van der Waals surface area contributed by atoms with Crippen molar-refractivity contribution in [2.45, 2.75) is 8.65 Å². The van der Waals surface area contributed by atoms with Crippen LogP contribution < -0.4 is 0 Å². The van der Waals surface area contributed by atoms with E-state index in [-0.39, 0.29) is 4.32 Å². The van der Waals surface area contributed by atoms with Gasteiger partial charge in [-0.05, 0) is 35.5 Å². The number of halogens is 2. The Hall–Kier alpha value is 0.450. The molecule has 0 amide bonds. The van der Waals surface area contributed by atoms with Gasteiger partial charge >= 0.3 is 0 Å². The first-order valence-corrected chi connectivity index (χ1v) is 6.54. The van der Waals surface area contributed by atoms with Gasteiger partial charge in [0, 0.05) is 8.65 Å². The smallest absolute Gasteiger partial charge is 0.0673 e. The summed E-state index contributed by atoms with van der Waals surface area (Å²) in [7, 11) is 0. The van der Waals surface area contributed by atoms with E-state index >= 15 is 0 Å². The van der Waals surface area contributed by atoms with E-state index in [1.807, 2.05) is 0 Å². The highest BCUT2D eigenvalue weighted by Gasteiger charge is 3.04.